The van der Waals surface area contributed by atoms with Gasteiger partial charge in [0.05, 0.1) is 18.3 Å². The highest BCUT2D eigenvalue weighted by Crippen LogP contribution is 2.31. The van der Waals surface area contributed by atoms with Crippen LogP contribution in [0.5, 0.6) is 0 Å². The van der Waals surface area contributed by atoms with Crippen molar-refractivity contribution in [1.82, 2.24) is 25.1 Å². The van der Waals surface area contributed by atoms with Crippen LogP contribution in [0.15, 0.2) is 42.6 Å². The SMILES string of the molecule is CNc1nc(Nc2cccc(F)c2)ncc1C#CCCCNC(=O)[C@]1(C)C[C@H](F)CN1C(=O)/C=C/CN(C)C. The Morgan fingerprint density at radius 3 is 2.85 bits per heavy atom. The fraction of sp³-hybridized carbons (Fsp3) is 0.429. The summed E-state index contributed by atoms with van der Waals surface area (Å²) in [4.78, 5) is 37.4. The summed E-state index contributed by atoms with van der Waals surface area (Å²) in [6.07, 6.45) is 4.43. The lowest BCUT2D eigenvalue weighted by Gasteiger charge is -2.32. The number of amides is 2. The molecule has 2 heterocycles. The van der Waals surface area contributed by atoms with E-state index in [1.54, 1.807) is 38.4 Å². The van der Waals surface area contributed by atoms with Gasteiger partial charge in [0.2, 0.25) is 17.8 Å². The summed E-state index contributed by atoms with van der Waals surface area (Å²) in [6.45, 7) is 2.41. The van der Waals surface area contributed by atoms with Crippen molar-refractivity contribution in [2.24, 2.45) is 0 Å². The first-order valence-corrected chi connectivity index (χ1v) is 12.7. The number of alkyl halides is 1. The minimum Gasteiger partial charge on any atom is -0.372 e. The number of nitrogens with one attached hydrogen (secondary N) is 3. The van der Waals surface area contributed by atoms with Crippen LogP contribution in [0.2, 0.25) is 0 Å². The summed E-state index contributed by atoms with van der Waals surface area (Å²) in [5.74, 6) is 5.76. The van der Waals surface area contributed by atoms with Crippen molar-refractivity contribution in [2.45, 2.75) is 37.9 Å². The summed E-state index contributed by atoms with van der Waals surface area (Å²) >= 11 is 0. The van der Waals surface area contributed by atoms with E-state index in [4.69, 9.17) is 0 Å². The smallest absolute Gasteiger partial charge is 0.247 e. The zero-order valence-electron chi connectivity index (χ0n) is 22.7. The maximum Gasteiger partial charge on any atom is 0.247 e. The lowest BCUT2D eigenvalue weighted by Crippen LogP contribution is -2.55. The Hall–Kier alpha value is -4.04. The topological polar surface area (TPSA) is 102 Å². The molecule has 1 aromatic heterocycles. The van der Waals surface area contributed by atoms with Crippen LogP contribution in [0.1, 0.15) is 31.7 Å². The number of nitrogens with zero attached hydrogens (tertiary/aromatic N) is 4. The van der Waals surface area contributed by atoms with Gasteiger partial charge in [-0.2, -0.15) is 4.98 Å². The van der Waals surface area contributed by atoms with Crippen LogP contribution in [-0.4, -0.2) is 84.1 Å². The molecule has 1 fully saturated rings. The maximum atomic E-state index is 14.2. The molecule has 0 saturated carbocycles. The molecule has 3 rings (SSSR count). The zero-order valence-corrected chi connectivity index (χ0v) is 22.7. The molecular formula is C28H35F2N7O2. The van der Waals surface area contributed by atoms with Gasteiger partial charge in [0.1, 0.15) is 23.3 Å². The van der Waals surface area contributed by atoms with E-state index in [1.165, 1.54) is 23.1 Å². The molecule has 0 bridgehead atoms. The second-order valence-corrected chi connectivity index (χ2v) is 9.69. The average molecular weight is 540 g/mol. The highest BCUT2D eigenvalue weighted by Gasteiger charge is 2.49. The molecule has 2 atom stereocenters. The van der Waals surface area contributed by atoms with E-state index in [-0.39, 0.29) is 30.6 Å². The molecule has 2 amide bonds. The third kappa shape index (κ3) is 8.22. The van der Waals surface area contributed by atoms with Gasteiger partial charge in [-0.05, 0) is 45.6 Å². The number of unbranched alkanes of at least 4 members (excludes halogenated alkanes) is 1. The highest BCUT2D eigenvalue weighted by molar-refractivity contribution is 5.96. The zero-order chi connectivity index (χ0) is 28.4. The quantitative estimate of drug-likeness (QED) is 0.242. The summed E-state index contributed by atoms with van der Waals surface area (Å²) in [5, 5.41) is 8.76. The van der Waals surface area contributed by atoms with Gasteiger partial charge in [0.15, 0.2) is 0 Å². The first-order chi connectivity index (χ1) is 18.6. The van der Waals surface area contributed by atoms with Crippen LogP contribution >= 0.6 is 0 Å². The van der Waals surface area contributed by atoms with Crippen LogP contribution in [0, 0.1) is 17.7 Å². The van der Waals surface area contributed by atoms with E-state index in [1.807, 2.05) is 19.0 Å². The van der Waals surface area contributed by atoms with E-state index in [2.05, 4.69) is 37.8 Å². The lowest BCUT2D eigenvalue weighted by molar-refractivity contribution is -0.141. The first-order valence-electron chi connectivity index (χ1n) is 12.7. The largest absolute Gasteiger partial charge is 0.372 e. The first kappa shape index (κ1) is 29.5. The van der Waals surface area contributed by atoms with E-state index in [0.29, 0.717) is 48.9 Å². The number of hydrogen-bond acceptors (Lipinski definition) is 7. The summed E-state index contributed by atoms with van der Waals surface area (Å²) in [7, 11) is 5.47. The van der Waals surface area contributed by atoms with E-state index < -0.39 is 11.7 Å². The second-order valence-electron chi connectivity index (χ2n) is 9.69. The van der Waals surface area contributed by atoms with E-state index in [9.17, 15) is 18.4 Å². The van der Waals surface area contributed by atoms with Gasteiger partial charge >= 0.3 is 0 Å². The van der Waals surface area contributed by atoms with Gasteiger partial charge < -0.3 is 25.8 Å². The fourth-order valence-electron chi connectivity index (χ4n) is 4.15. The number of halogens is 2. The Balaban J connectivity index is 1.51. The van der Waals surface area contributed by atoms with E-state index >= 15 is 0 Å². The molecule has 208 valence electrons. The van der Waals surface area contributed by atoms with E-state index in [0.717, 1.165) is 0 Å². The monoisotopic (exact) mass is 539 g/mol. The number of carbonyl (C=O) groups excluding carboxylic acids is 2. The normalized spacial score (nSPS) is 18.6. The lowest BCUT2D eigenvalue weighted by atomic mass is 9.97. The van der Waals surface area contributed by atoms with Crippen molar-refractivity contribution in [3.05, 3.63) is 54.0 Å². The molecule has 1 aliphatic heterocycles. The number of likely N-dealkylation sites (tertiary alicyclic amines) is 1. The van der Waals surface area contributed by atoms with Gasteiger partial charge in [-0.3, -0.25) is 9.59 Å². The molecule has 0 aliphatic carbocycles. The number of benzene rings is 1. The van der Waals surface area contributed by atoms with Crippen LogP contribution in [0.3, 0.4) is 0 Å². The predicted molar refractivity (Wildman–Crippen MR) is 148 cm³/mol. The molecule has 2 aromatic rings. The Morgan fingerprint density at radius 1 is 1.33 bits per heavy atom. The van der Waals surface area contributed by atoms with Gasteiger partial charge in [-0.1, -0.05) is 24.0 Å². The average Bonchev–Trinajstić information content (AvgIpc) is 3.21. The van der Waals surface area contributed by atoms with Gasteiger partial charge in [0.25, 0.3) is 0 Å². The number of carbonyl (C=O) groups is 2. The third-order valence-electron chi connectivity index (χ3n) is 6.18. The van der Waals surface area contributed by atoms with Crippen LogP contribution in [0.25, 0.3) is 0 Å². The molecule has 1 aromatic carbocycles. The third-order valence-corrected chi connectivity index (χ3v) is 6.18. The summed E-state index contributed by atoms with van der Waals surface area (Å²) < 4.78 is 27.7. The minimum absolute atomic E-state index is 0.0389. The molecule has 9 nitrogen and oxygen atoms in total. The molecule has 0 spiro atoms. The molecular weight excluding hydrogens is 504 g/mol. The summed E-state index contributed by atoms with van der Waals surface area (Å²) in [6, 6.07) is 5.99. The standard InChI is InChI=1S/C28H35F2N7O2/c1-28(17-22(30)19-37(28)24(38)13-9-15-36(3)4)26(39)32-14-7-5-6-10-20-18-33-27(35-25(20)31-2)34-23-12-8-11-21(29)16-23/h8-9,11-13,16,18,22H,5,7,14-15,17,19H2,1-4H3,(H,32,39)(H2,31,33,34,35)/b13-9+/t22-,28-/m0/s1. The Labute approximate surface area is 228 Å². The molecule has 0 radical (unpaired) electrons. The van der Waals surface area contributed by atoms with Crippen molar-refractivity contribution in [3.63, 3.8) is 0 Å². The Bertz CT molecular complexity index is 1260. The molecule has 3 N–H and O–H groups in total. The van der Waals surface area contributed by atoms with Crippen molar-refractivity contribution in [1.29, 1.82) is 0 Å². The molecule has 11 heteroatoms. The molecule has 0 unspecified atom stereocenters. The minimum atomic E-state index is -1.25. The van der Waals surface area contributed by atoms with Crippen molar-refractivity contribution < 1.29 is 18.4 Å². The van der Waals surface area contributed by atoms with Crippen LogP contribution < -0.4 is 16.0 Å². The van der Waals surface area contributed by atoms with Gasteiger partial charge in [0, 0.05) is 44.7 Å². The second kappa shape index (κ2) is 13.7. The van der Waals surface area contributed by atoms with Crippen molar-refractivity contribution >= 4 is 29.3 Å². The van der Waals surface area contributed by atoms with Gasteiger partial charge in [-0.15, -0.1) is 0 Å². The number of anilines is 3. The summed E-state index contributed by atoms with van der Waals surface area (Å²) in [5.41, 5.74) is -0.125. The van der Waals surface area contributed by atoms with Crippen LogP contribution in [0.4, 0.5) is 26.2 Å². The number of aromatic nitrogens is 2. The highest BCUT2D eigenvalue weighted by atomic mass is 19.1. The number of hydrogen-bond donors (Lipinski definition) is 3. The van der Waals surface area contributed by atoms with Crippen LogP contribution in [-0.2, 0) is 9.59 Å². The predicted octanol–water partition coefficient (Wildman–Crippen LogP) is 3.10. The fourth-order valence-corrected chi connectivity index (χ4v) is 4.15. The molecule has 1 aliphatic rings. The molecule has 1 saturated heterocycles. The van der Waals surface area contributed by atoms with Gasteiger partial charge in [-0.25, -0.2) is 13.8 Å². The van der Waals surface area contributed by atoms with Crippen molar-refractivity contribution in [2.75, 3.05) is 51.4 Å². The maximum absolute atomic E-state index is 14.2. The van der Waals surface area contributed by atoms with Crippen molar-refractivity contribution in [3.8, 4) is 11.8 Å². The number of likely N-dealkylation sites (N-methyl/N-ethyl adjacent to an activating group) is 1. The Kier molecular flexibility index (Phi) is 10.3. The molecule has 39 heavy (non-hydrogen) atoms. The number of rotatable bonds is 10. The Morgan fingerprint density at radius 2 is 2.13 bits per heavy atom.